The van der Waals surface area contributed by atoms with Crippen LogP contribution in [0.15, 0.2) is 72.8 Å². The molecule has 1 fully saturated rings. The van der Waals surface area contributed by atoms with Crippen LogP contribution in [-0.2, 0) is 9.53 Å². The molecule has 0 unspecified atom stereocenters. The third-order valence-corrected chi connectivity index (χ3v) is 7.06. The number of benzene rings is 3. The molecule has 0 radical (unpaired) electrons. The number of amides is 1. The van der Waals surface area contributed by atoms with Crippen molar-refractivity contribution in [1.82, 2.24) is 0 Å². The van der Waals surface area contributed by atoms with E-state index in [1.807, 2.05) is 60.7 Å². The largest absolute Gasteiger partial charge is 0.484 e. The summed E-state index contributed by atoms with van der Waals surface area (Å²) in [6.45, 7) is 9.08. The second-order valence-corrected chi connectivity index (χ2v) is 10.3. The Kier molecular flexibility index (Phi) is 8.42. The number of hydrogen-bond donors (Lipinski definition) is 1. The minimum atomic E-state index is -0.203. The van der Waals surface area contributed by atoms with Crippen LogP contribution in [0.25, 0.3) is 0 Å². The lowest BCUT2D eigenvalue weighted by Gasteiger charge is -2.39. The van der Waals surface area contributed by atoms with Crippen molar-refractivity contribution in [2.75, 3.05) is 18.5 Å². The molecule has 5 heteroatoms. The van der Waals surface area contributed by atoms with E-state index in [-0.39, 0.29) is 36.3 Å². The minimum absolute atomic E-state index is 0.0533. The van der Waals surface area contributed by atoms with Crippen LogP contribution in [0.2, 0.25) is 0 Å². The van der Waals surface area contributed by atoms with Crippen LogP contribution in [0.5, 0.6) is 5.75 Å². The Bertz CT molecular complexity index is 1140. The topological polar surface area (TPSA) is 47.6 Å². The summed E-state index contributed by atoms with van der Waals surface area (Å²) in [5, 5.41) is 2.87. The molecule has 4 nitrogen and oxygen atoms in total. The number of halogens is 1. The third-order valence-electron chi connectivity index (χ3n) is 7.06. The second-order valence-electron chi connectivity index (χ2n) is 10.3. The maximum atomic E-state index is 14.4. The van der Waals surface area contributed by atoms with Gasteiger partial charge >= 0.3 is 0 Å². The predicted octanol–water partition coefficient (Wildman–Crippen LogP) is 7.48. The van der Waals surface area contributed by atoms with E-state index >= 15 is 0 Å². The van der Waals surface area contributed by atoms with Gasteiger partial charge in [-0.15, -0.1) is 0 Å². The fourth-order valence-corrected chi connectivity index (χ4v) is 4.90. The van der Waals surface area contributed by atoms with Crippen molar-refractivity contribution in [1.29, 1.82) is 0 Å². The van der Waals surface area contributed by atoms with Gasteiger partial charge in [-0.05, 0) is 71.2 Å². The van der Waals surface area contributed by atoms with Crippen LogP contribution in [-0.4, -0.2) is 19.1 Å². The fourth-order valence-electron chi connectivity index (χ4n) is 4.90. The van der Waals surface area contributed by atoms with Crippen molar-refractivity contribution < 1.29 is 18.7 Å². The molecule has 190 valence electrons. The lowest BCUT2D eigenvalue weighted by molar-refractivity contribution is -0.118. The molecule has 1 saturated heterocycles. The summed E-state index contributed by atoms with van der Waals surface area (Å²) in [7, 11) is 0. The maximum absolute atomic E-state index is 14.4. The number of hydrogen-bond acceptors (Lipinski definition) is 3. The highest BCUT2D eigenvalue weighted by Crippen LogP contribution is 2.44. The minimum Gasteiger partial charge on any atom is -0.484 e. The normalized spacial score (nSPS) is 19.9. The molecule has 0 aromatic heterocycles. The summed E-state index contributed by atoms with van der Waals surface area (Å²) in [5.74, 6) is 1.42. The summed E-state index contributed by atoms with van der Waals surface area (Å²) in [6.07, 6.45) is 0.819. The summed E-state index contributed by atoms with van der Waals surface area (Å²) in [5.41, 5.74) is 3.79. The maximum Gasteiger partial charge on any atom is 0.262 e. The zero-order chi connectivity index (χ0) is 25.7. The fraction of sp³-hybridized carbons (Fsp3) is 0.387. The number of ether oxygens (including phenoxy) is 2. The van der Waals surface area contributed by atoms with E-state index in [2.05, 4.69) is 33.0 Å². The average molecular weight is 490 g/mol. The van der Waals surface area contributed by atoms with Crippen LogP contribution in [0.1, 0.15) is 68.7 Å². The molecule has 3 atom stereocenters. The standard InChI is InChI=1S/C31H36FNO3/c1-20(2)22-9-13-25(14-10-22)33-30(34)19-35-26-15-11-23(12-16-26)31-28(21(3)4)17-24(18-36-31)27-7-5-6-8-29(27)32/h5-16,20-21,24,28,31H,17-19H2,1-4H3,(H,33,34)/t24-,28-,31-/m0/s1. The van der Waals surface area contributed by atoms with Gasteiger partial charge in [0.05, 0.1) is 12.7 Å². The van der Waals surface area contributed by atoms with Crippen molar-refractivity contribution >= 4 is 11.6 Å². The Labute approximate surface area is 213 Å². The van der Waals surface area contributed by atoms with E-state index in [1.165, 1.54) is 11.6 Å². The molecule has 1 N–H and O–H groups in total. The second kappa shape index (κ2) is 11.7. The third kappa shape index (κ3) is 6.33. The number of nitrogens with one attached hydrogen (secondary N) is 1. The van der Waals surface area contributed by atoms with Gasteiger partial charge in [0.25, 0.3) is 5.91 Å². The Morgan fingerprint density at radius 2 is 1.69 bits per heavy atom. The smallest absolute Gasteiger partial charge is 0.262 e. The first-order valence-corrected chi connectivity index (χ1v) is 12.8. The van der Waals surface area contributed by atoms with Crippen molar-refractivity contribution in [2.45, 2.75) is 52.1 Å². The Morgan fingerprint density at radius 3 is 2.33 bits per heavy atom. The lowest BCUT2D eigenvalue weighted by atomic mass is 9.76. The summed E-state index contributed by atoms with van der Waals surface area (Å²) in [4.78, 5) is 12.3. The van der Waals surface area contributed by atoms with E-state index < -0.39 is 0 Å². The van der Waals surface area contributed by atoms with E-state index in [9.17, 15) is 9.18 Å². The van der Waals surface area contributed by atoms with Gasteiger partial charge in [0.1, 0.15) is 11.6 Å². The van der Waals surface area contributed by atoms with Crippen molar-refractivity contribution in [2.24, 2.45) is 11.8 Å². The molecule has 4 rings (SSSR count). The molecule has 0 spiro atoms. The molecule has 3 aromatic rings. The first kappa shape index (κ1) is 25.9. The summed E-state index contributed by atoms with van der Waals surface area (Å²) in [6, 6.07) is 22.6. The van der Waals surface area contributed by atoms with Crippen molar-refractivity contribution in [3.63, 3.8) is 0 Å². The Balaban J connectivity index is 1.34. The molecule has 0 aliphatic carbocycles. The Morgan fingerprint density at radius 1 is 1.00 bits per heavy atom. The van der Waals surface area contributed by atoms with Gasteiger partial charge in [0.2, 0.25) is 0 Å². The van der Waals surface area contributed by atoms with Crippen LogP contribution in [0.3, 0.4) is 0 Å². The van der Waals surface area contributed by atoms with Gasteiger partial charge in [-0.1, -0.05) is 70.2 Å². The highest BCUT2D eigenvalue weighted by atomic mass is 19.1. The van der Waals surface area contributed by atoms with E-state index in [0.717, 1.165) is 23.2 Å². The predicted molar refractivity (Wildman–Crippen MR) is 142 cm³/mol. The number of anilines is 1. The van der Waals surface area contributed by atoms with Gasteiger partial charge in [-0.2, -0.15) is 0 Å². The van der Waals surface area contributed by atoms with Crippen LogP contribution in [0.4, 0.5) is 10.1 Å². The number of carbonyl (C=O) groups excluding carboxylic acids is 1. The molecule has 0 saturated carbocycles. The van der Waals surface area contributed by atoms with Gasteiger partial charge in [0.15, 0.2) is 6.61 Å². The average Bonchev–Trinajstić information content (AvgIpc) is 2.88. The van der Waals surface area contributed by atoms with Crippen molar-refractivity contribution in [3.05, 3.63) is 95.3 Å². The molecular weight excluding hydrogens is 453 g/mol. The molecular formula is C31H36FNO3. The van der Waals surface area contributed by atoms with E-state index in [1.54, 1.807) is 6.07 Å². The molecule has 1 aliphatic heterocycles. The van der Waals surface area contributed by atoms with Crippen LogP contribution in [0, 0.1) is 17.7 Å². The molecule has 1 amide bonds. The van der Waals surface area contributed by atoms with Crippen LogP contribution >= 0.6 is 0 Å². The first-order valence-electron chi connectivity index (χ1n) is 12.8. The Hall–Kier alpha value is -3.18. The molecule has 36 heavy (non-hydrogen) atoms. The zero-order valence-electron chi connectivity index (χ0n) is 21.5. The zero-order valence-corrected chi connectivity index (χ0v) is 21.5. The monoisotopic (exact) mass is 489 g/mol. The van der Waals surface area contributed by atoms with Gasteiger partial charge in [-0.3, -0.25) is 4.79 Å². The van der Waals surface area contributed by atoms with Gasteiger partial charge in [0, 0.05) is 11.6 Å². The lowest BCUT2D eigenvalue weighted by Crippen LogP contribution is -2.31. The molecule has 1 aliphatic rings. The van der Waals surface area contributed by atoms with Gasteiger partial charge in [-0.25, -0.2) is 4.39 Å². The number of rotatable bonds is 8. The SMILES string of the molecule is CC(C)c1ccc(NC(=O)COc2ccc([C@@H]3OC[C@@H](c4ccccc4F)C[C@H]3C(C)C)cc2)cc1. The number of carbonyl (C=O) groups is 1. The molecule has 1 heterocycles. The van der Waals surface area contributed by atoms with E-state index in [4.69, 9.17) is 9.47 Å². The molecule has 3 aromatic carbocycles. The summed E-state index contributed by atoms with van der Waals surface area (Å²) < 4.78 is 26.4. The first-order chi connectivity index (χ1) is 17.3. The van der Waals surface area contributed by atoms with Gasteiger partial charge < -0.3 is 14.8 Å². The summed E-state index contributed by atoms with van der Waals surface area (Å²) >= 11 is 0. The quantitative estimate of drug-likeness (QED) is 0.357. The highest BCUT2D eigenvalue weighted by Gasteiger charge is 2.35. The van der Waals surface area contributed by atoms with E-state index in [0.29, 0.717) is 24.2 Å². The highest BCUT2D eigenvalue weighted by molar-refractivity contribution is 5.91. The van der Waals surface area contributed by atoms with Crippen LogP contribution < -0.4 is 10.1 Å². The molecule has 0 bridgehead atoms. The van der Waals surface area contributed by atoms with Crippen molar-refractivity contribution in [3.8, 4) is 5.75 Å².